The van der Waals surface area contributed by atoms with Gasteiger partial charge >= 0.3 is 5.97 Å². The Morgan fingerprint density at radius 1 is 1.56 bits per heavy atom. The largest absolute Gasteiger partial charge is 0.481 e. The van der Waals surface area contributed by atoms with E-state index in [1.54, 1.807) is 0 Å². The van der Waals surface area contributed by atoms with Crippen molar-refractivity contribution < 1.29 is 18.3 Å². The van der Waals surface area contributed by atoms with Gasteiger partial charge in [0.2, 0.25) is 10.0 Å². The zero-order chi connectivity index (χ0) is 11.6. The summed E-state index contributed by atoms with van der Waals surface area (Å²) in [6.45, 7) is 0.393. The Labute approximate surface area is 101 Å². The van der Waals surface area contributed by atoms with Crippen molar-refractivity contribution in [3.05, 3.63) is 0 Å². The molecule has 0 bridgehead atoms. The first-order valence-electron chi connectivity index (χ1n) is 4.76. The van der Waals surface area contributed by atoms with Gasteiger partial charge in [-0.2, -0.15) is 4.31 Å². The standard InChI is InChI=1S/C8H16N2O4S.ClH/c1-15(13,14)10-5-4-6(8(10)9)2-3-7(11)12;/h6,8H,2-5,9H2,1H3,(H,11,12);1H/t6?,8-;/m0./s1. The van der Waals surface area contributed by atoms with Gasteiger partial charge in [-0.25, -0.2) is 8.42 Å². The van der Waals surface area contributed by atoms with Crippen molar-refractivity contribution in [2.75, 3.05) is 12.8 Å². The number of aliphatic carboxylic acids is 1. The van der Waals surface area contributed by atoms with E-state index in [0.29, 0.717) is 19.4 Å². The van der Waals surface area contributed by atoms with Gasteiger partial charge in [-0.05, 0) is 18.8 Å². The van der Waals surface area contributed by atoms with E-state index in [1.807, 2.05) is 0 Å². The summed E-state index contributed by atoms with van der Waals surface area (Å²) in [6, 6.07) is 0. The molecule has 1 fully saturated rings. The summed E-state index contributed by atoms with van der Waals surface area (Å²) in [5.74, 6) is -0.921. The third-order valence-electron chi connectivity index (χ3n) is 2.69. The quantitative estimate of drug-likeness (QED) is 0.741. The lowest BCUT2D eigenvalue weighted by Gasteiger charge is -2.21. The van der Waals surface area contributed by atoms with E-state index >= 15 is 0 Å². The van der Waals surface area contributed by atoms with Crippen LogP contribution < -0.4 is 5.73 Å². The molecule has 1 saturated heterocycles. The average molecular weight is 273 g/mol. The summed E-state index contributed by atoms with van der Waals surface area (Å²) in [7, 11) is -3.26. The van der Waals surface area contributed by atoms with Crippen molar-refractivity contribution in [2.24, 2.45) is 11.7 Å². The first kappa shape index (κ1) is 15.6. The van der Waals surface area contributed by atoms with E-state index in [-0.39, 0.29) is 24.7 Å². The van der Waals surface area contributed by atoms with E-state index in [1.165, 1.54) is 4.31 Å². The topological polar surface area (TPSA) is 101 Å². The maximum Gasteiger partial charge on any atom is 0.303 e. The summed E-state index contributed by atoms with van der Waals surface area (Å²) in [4.78, 5) is 10.4. The Hall–Kier alpha value is -0.370. The summed E-state index contributed by atoms with van der Waals surface area (Å²) in [5, 5.41) is 8.51. The maximum atomic E-state index is 11.3. The van der Waals surface area contributed by atoms with Gasteiger partial charge in [0.1, 0.15) is 0 Å². The molecule has 0 amide bonds. The predicted octanol–water partition coefficient (Wildman–Crippen LogP) is -0.161. The molecule has 0 aliphatic carbocycles. The van der Waals surface area contributed by atoms with Crippen LogP contribution in [-0.2, 0) is 14.8 Å². The van der Waals surface area contributed by atoms with Crippen LogP contribution in [0.15, 0.2) is 0 Å². The number of rotatable bonds is 4. The minimum Gasteiger partial charge on any atom is -0.481 e. The van der Waals surface area contributed by atoms with Gasteiger partial charge in [0.05, 0.1) is 12.4 Å². The van der Waals surface area contributed by atoms with E-state index in [4.69, 9.17) is 10.8 Å². The Balaban J connectivity index is 0.00000225. The molecule has 0 saturated carbocycles. The van der Waals surface area contributed by atoms with Crippen LogP contribution in [0.3, 0.4) is 0 Å². The summed E-state index contributed by atoms with van der Waals surface area (Å²) in [6.07, 6.45) is 1.66. The van der Waals surface area contributed by atoms with Gasteiger partial charge in [0, 0.05) is 13.0 Å². The van der Waals surface area contributed by atoms with Crippen LogP contribution in [0.5, 0.6) is 0 Å². The lowest BCUT2D eigenvalue weighted by atomic mass is 10.0. The van der Waals surface area contributed by atoms with E-state index < -0.39 is 22.2 Å². The number of nitrogens with two attached hydrogens (primary N) is 1. The number of carboxylic acids is 1. The fraction of sp³-hybridized carbons (Fsp3) is 0.875. The van der Waals surface area contributed by atoms with Crippen LogP contribution in [-0.4, -0.2) is 42.8 Å². The fourth-order valence-corrected chi connectivity index (χ4v) is 2.91. The third-order valence-corrected chi connectivity index (χ3v) is 3.97. The minimum absolute atomic E-state index is 0. The van der Waals surface area contributed by atoms with Gasteiger partial charge in [0.25, 0.3) is 0 Å². The Kier molecular flexibility index (Phi) is 5.67. The summed E-state index contributed by atoms with van der Waals surface area (Å²) >= 11 is 0. The van der Waals surface area contributed by atoms with Crippen molar-refractivity contribution in [1.82, 2.24) is 4.31 Å². The molecule has 2 atom stereocenters. The van der Waals surface area contributed by atoms with Crippen LogP contribution in [0.25, 0.3) is 0 Å². The molecule has 16 heavy (non-hydrogen) atoms. The van der Waals surface area contributed by atoms with Crippen LogP contribution in [0, 0.1) is 5.92 Å². The highest BCUT2D eigenvalue weighted by atomic mass is 35.5. The number of nitrogens with zero attached hydrogens (tertiary/aromatic N) is 1. The Morgan fingerprint density at radius 3 is 2.50 bits per heavy atom. The van der Waals surface area contributed by atoms with Crippen molar-refractivity contribution in [3.63, 3.8) is 0 Å². The second-order valence-corrected chi connectivity index (χ2v) is 5.78. The SMILES string of the molecule is CS(=O)(=O)N1CCC(CCC(=O)O)[C@H]1N.Cl. The Morgan fingerprint density at radius 2 is 2.12 bits per heavy atom. The highest BCUT2D eigenvalue weighted by Gasteiger charge is 2.36. The van der Waals surface area contributed by atoms with Gasteiger partial charge in [-0.15, -0.1) is 12.4 Å². The second-order valence-electron chi connectivity index (χ2n) is 3.85. The number of sulfonamides is 1. The van der Waals surface area contributed by atoms with E-state index in [0.717, 1.165) is 6.26 Å². The number of hydrogen-bond acceptors (Lipinski definition) is 4. The Bertz CT molecular complexity index is 346. The minimum atomic E-state index is -3.26. The van der Waals surface area contributed by atoms with Crippen molar-refractivity contribution in [3.8, 4) is 0 Å². The lowest BCUT2D eigenvalue weighted by molar-refractivity contribution is -0.137. The highest BCUT2D eigenvalue weighted by Crippen LogP contribution is 2.26. The highest BCUT2D eigenvalue weighted by molar-refractivity contribution is 7.88. The molecule has 1 heterocycles. The summed E-state index contributed by atoms with van der Waals surface area (Å²) < 4.78 is 23.8. The van der Waals surface area contributed by atoms with E-state index in [9.17, 15) is 13.2 Å². The molecule has 0 radical (unpaired) electrons. The molecule has 3 N–H and O–H groups in total. The molecule has 96 valence electrons. The first-order valence-corrected chi connectivity index (χ1v) is 6.61. The monoisotopic (exact) mass is 272 g/mol. The molecular weight excluding hydrogens is 256 g/mol. The van der Waals surface area contributed by atoms with Gasteiger partial charge in [-0.3, -0.25) is 4.79 Å². The first-order chi connectivity index (χ1) is 6.82. The normalized spacial score (nSPS) is 26.4. The van der Waals surface area contributed by atoms with Crippen molar-refractivity contribution >= 4 is 28.4 Å². The van der Waals surface area contributed by atoms with Crippen LogP contribution in [0.1, 0.15) is 19.3 Å². The molecule has 6 nitrogen and oxygen atoms in total. The van der Waals surface area contributed by atoms with Crippen molar-refractivity contribution in [1.29, 1.82) is 0 Å². The van der Waals surface area contributed by atoms with Gasteiger partial charge < -0.3 is 10.8 Å². The van der Waals surface area contributed by atoms with Gasteiger partial charge in [-0.1, -0.05) is 0 Å². The maximum absolute atomic E-state index is 11.3. The van der Waals surface area contributed by atoms with Gasteiger partial charge in [0.15, 0.2) is 0 Å². The zero-order valence-electron chi connectivity index (χ0n) is 9.00. The molecular formula is C8H17ClN2O4S. The number of halogens is 1. The fourth-order valence-electron chi connectivity index (χ4n) is 1.86. The number of carboxylic acid groups (broad SMARTS) is 1. The smallest absolute Gasteiger partial charge is 0.303 e. The molecule has 1 unspecified atom stereocenters. The van der Waals surface area contributed by atoms with Crippen molar-refractivity contribution in [2.45, 2.75) is 25.4 Å². The number of carbonyl (C=O) groups is 1. The molecule has 1 aliphatic heterocycles. The van der Waals surface area contributed by atoms with Crippen LogP contribution in [0.4, 0.5) is 0 Å². The molecule has 0 spiro atoms. The van der Waals surface area contributed by atoms with Crippen LogP contribution >= 0.6 is 12.4 Å². The molecule has 1 aliphatic rings. The molecule has 0 aromatic rings. The zero-order valence-corrected chi connectivity index (χ0v) is 10.6. The summed E-state index contributed by atoms with van der Waals surface area (Å²) in [5.41, 5.74) is 5.75. The number of hydrogen-bond donors (Lipinski definition) is 2. The molecule has 0 aromatic heterocycles. The molecule has 1 rings (SSSR count). The second kappa shape index (κ2) is 5.81. The third kappa shape index (κ3) is 3.89. The van der Waals surface area contributed by atoms with E-state index in [2.05, 4.69) is 0 Å². The van der Waals surface area contributed by atoms with Crippen LogP contribution in [0.2, 0.25) is 0 Å². The lowest BCUT2D eigenvalue weighted by Crippen LogP contribution is -2.43. The predicted molar refractivity (Wildman–Crippen MR) is 61.8 cm³/mol. The molecule has 8 heteroatoms. The average Bonchev–Trinajstić information content (AvgIpc) is 2.42. The molecule has 0 aromatic carbocycles.